The minimum absolute atomic E-state index is 0.0471. The molecule has 0 unspecified atom stereocenters. The number of anilines is 2. The minimum Gasteiger partial charge on any atom is -0.497 e. The molecule has 0 aromatic heterocycles. The second-order valence-electron chi connectivity index (χ2n) is 5.75. The van der Waals surface area contributed by atoms with Crippen molar-refractivity contribution in [2.24, 2.45) is 10.3 Å². The molecule has 2 aliphatic rings. The summed E-state index contributed by atoms with van der Waals surface area (Å²) in [4.78, 5) is 26.2. The molecule has 2 atom stereocenters. The first-order valence-corrected chi connectivity index (χ1v) is 7.68. The Hall–Kier alpha value is -3.36. The molecule has 2 aromatic carbocycles. The predicted octanol–water partition coefficient (Wildman–Crippen LogP) is 2.47. The van der Waals surface area contributed by atoms with Crippen LogP contribution in [0.1, 0.15) is 0 Å². The van der Waals surface area contributed by atoms with Gasteiger partial charge in [-0.2, -0.15) is 5.11 Å². The van der Waals surface area contributed by atoms with E-state index in [0.717, 1.165) is 17.0 Å². The standard InChI is InChI=1S/C17H12F2N4O3/c1-26-11-4-2-3-10(7-11)23-15-14(20-21-23)16(24)22(17(15)25)9-5-6-12(18)13(19)8-9/h2-8,14-15H,1H3/t14-,15-/m1/s1. The Balaban J connectivity index is 1.70. The number of nitrogens with zero attached hydrogens (tertiary/aromatic N) is 4. The molecule has 2 aromatic rings. The predicted molar refractivity (Wildman–Crippen MR) is 86.8 cm³/mol. The Kier molecular flexibility index (Phi) is 3.64. The molecular weight excluding hydrogens is 346 g/mol. The van der Waals surface area contributed by atoms with E-state index in [-0.39, 0.29) is 5.69 Å². The summed E-state index contributed by atoms with van der Waals surface area (Å²) < 4.78 is 31.8. The molecular formula is C17H12F2N4O3. The lowest BCUT2D eigenvalue weighted by molar-refractivity contribution is -0.121. The van der Waals surface area contributed by atoms with E-state index >= 15 is 0 Å². The normalized spacial score (nSPS) is 21.5. The van der Waals surface area contributed by atoms with Crippen LogP contribution in [0.4, 0.5) is 20.2 Å². The van der Waals surface area contributed by atoms with Gasteiger partial charge in [0, 0.05) is 12.1 Å². The van der Waals surface area contributed by atoms with Crippen LogP contribution in [0.3, 0.4) is 0 Å². The topological polar surface area (TPSA) is 74.6 Å². The number of ether oxygens (including phenoxy) is 1. The Morgan fingerprint density at radius 3 is 2.54 bits per heavy atom. The second kappa shape index (κ2) is 5.87. The molecule has 0 radical (unpaired) electrons. The van der Waals surface area contributed by atoms with Gasteiger partial charge in [-0.05, 0) is 24.3 Å². The van der Waals surface area contributed by atoms with Gasteiger partial charge < -0.3 is 4.74 Å². The SMILES string of the molecule is COc1cccc(N2N=N[C@H]3C(=O)N(c4ccc(F)c(F)c4)C(=O)[C@@H]32)c1. The number of hydrogen-bond donors (Lipinski definition) is 0. The Morgan fingerprint density at radius 2 is 1.81 bits per heavy atom. The first kappa shape index (κ1) is 16.1. The van der Waals surface area contributed by atoms with E-state index in [0.29, 0.717) is 11.4 Å². The average Bonchev–Trinajstić information content (AvgIpc) is 3.18. The Bertz CT molecular complexity index is 949. The lowest BCUT2D eigenvalue weighted by Crippen LogP contribution is -2.39. The Labute approximate surface area is 146 Å². The van der Waals surface area contributed by atoms with Crippen LogP contribution in [0.5, 0.6) is 5.75 Å². The van der Waals surface area contributed by atoms with Gasteiger partial charge in [0.2, 0.25) is 0 Å². The maximum absolute atomic E-state index is 13.5. The van der Waals surface area contributed by atoms with Gasteiger partial charge in [0.25, 0.3) is 11.8 Å². The molecule has 1 saturated heterocycles. The fourth-order valence-corrected chi connectivity index (χ4v) is 3.00. The minimum atomic E-state index is -1.15. The number of carbonyl (C=O) groups is 2. The monoisotopic (exact) mass is 358 g/mol. The molecule has 4 rings (SSSR count). The quantitative estimate of drug-likeness (QED) is 0.790. The molecule has 0 N–H and O–H groups in total. The van der Waals surface area contributed by atoms with Crippen LogP contribution >= 0.6 is 0 Å². The van der Waals surface area contributed by atoms with Crippen LogP contribution in [-0.4, -0.2) is 31.0 Å². The highest BCUT2D eigenvalue weighted by molar-refractivity contribution is 6.26. The molecule has 26 heavy (non-hydrogen) atoms. The van der Waals surface area contributed by atoms with E-state index in [4.69, 9.17) is 4.74 Å². The summed E-state index contributed by atoms with van der Waals surface area (Å²) in [6.45, 7) is 0. The lowest BCUT2D eigenvalue weighted by atomic mass is 10.1. The first-order valence-electron chi connectivity index (χ1n) is 7.68. The van der Waals surface area contributed by atoms with Gasteiger partial charge in [-0.3, -0.25) is 9.59 Å². The van der Waals surface area contributed by atoms with E-state index in [2.05, 4.69) is 10.3 Å². The van der Waals surface area contributed by atoms with Crippen molar-refractivity contribution < 1.29 is 23.1 Å². The smallest absolute Gasteiger partial charge is 0.263 e. The fourth-order valence-electron chi connectivity index (χ4n) is 3.00. The van der Waals surface area contributed by atoms with Crippen molar-refractivity contribution in [2.75, 3.05) is 17.0 Å². The molecule has 0 saturated carbocycles. The van der Waals surface area contributed by atoms with Crippen LogP contribution < -0.4 is 14.6 Å². The number of rotatable bonds is 3. The van der Waals surface area contributed by atoms with Crippen molar-refractivity contribution in [1.82, 2.24) is 0 Å². The molecule has 2 aliphatic heterocycles. The number of fused-ring (bicyclic) bond motifs is 1. The van der Waals surface area contributed by atoms with Crippen LogP contribution in [0.15, 0.2) is 52.8 Å². The van der Waals surface area contributed by atoms with Gasteiger partial charge in [-0.25, -0.2) is 18.7 Å². The molecule has 0 spiro atoms. The summed E-state index contributed by atoms with van der Waals surface area (Å²) in [6, 6.07) is 7.60. The summed E-state index contributed by atoms with van der Waals surface area (Å²) in [5.41, 5.74) is 0.475. The summed E-state index contributed by atoms with van der Waals surface area (Å²) in [7, 11) is 1.50. The number of hydrogen-bond acceptors (Lipinski definition) is 6. The van der Waals surface area contributed by atoms with Gasteiger partial charge in [-0.1, -0.05) is 11.3 Å². The van der Waals surface area contributed by atoms with Crippen LogP contribution in [0.25, 0.3) is 0 Å². The van der Waals surface area contributed by atoms with E-state index in [1.807, 2.05) is 0 Å². The van der Waals surface area contributed by atoms with Crippen molar-refractivity contribution in [1.29, 1.82) is 0 Å². The molecule has 0 bridgehead atoms. The molecule has 2 heterocycles. The fraction of sp³-hybridized carbons (Fsp3) is 0.176. The average molecular weight is 358 g/mol. The number of imide groups is 1. The van der Waals surface area contributed by atoms with Gasteiger partial charge >= 0.3 is 0 Å². The maximum atomic E-state index is 13.5. The van der Waals surface area contributed by atoms with Gasteiger partial charge in [0.15, 0.2) is 23.7 Å². The van der Waals surface area contributed by atoms with E-state index in [1.54, 1.807) is 24.3 Å². The number of amides is 2. The highest BCUT2D eigenvalue weighted by atomic mass is 19.2. The highest BCUT2D eigenvalue weighted by Crippen LogP contribution is 2.36. The molecule has 2 amide bonds. The van der Waals surface area contributed by atoms with Crippen molar-refractivity contribution in [2.45, 2.75) is 12.1 Å². The largest absolute Gasteiger partial charge is 0.497 e. The van der Waals surface area contributed by atoms with Crippen LogP contribution in [-0.2, 0) is 9.59 Å². The number of benzene rings is 2. The third-order valence-corrected chi connectivity index (χ3v) is 4.26. The molecule has 0 aliphatic carbocycles. The second-order valence-corrected chi connectivity index (χ2v) is 5.75. The lowest BCUT2D eigenvalue weighted by Gasteiger charge is -2.21. The van der Waals surface area contributed by atoms with E-state index in [1.165, 1.54) is 18.2 Å². The molecule has 9 heteroatoms. The van der Waals surface area contributed by atoms with Gasteiger partial charge in [-0.15, -0.1) is 0 Å². The number of carbonyl (C=O) groups excluding carboxylic acids is 2. The third-order valence-electron chi connectivity index (χ3n) is 4.26. The molecule has 1 fully saturated rings. The summed E-state index contributed by atoms with van der Waals surface area (Å²) in [6.07, 6.45) is 0. The summed E-state index contributed by atoms with van der Waals surface area (Å²) >= 11 is 0. The van der Waals surface area contributed by atoms with Crippen LogP contribution in [0, 0.1) is 11.6 Å². The zero-order valence-electron chi connectivity index (χ0n) is 13.5. The van der Waals surface area contributed by atoms with Gasteiger partial charge in [0.05, 0.1) is 18.5 Å². The number of methoxy groups -OCH3 is 1. The van der Waals surface area contributed by atoms with Crippen molar-refractivity contribution in [3.05, 3.63) is 54.1 Å². The summed E-state index contributed by atoms with van der Waals surface area (Å²) in [5, 5.41) is 9.14. The van der Waals surface area contributed by atoms with Crippen molar-refractivity contribution in [3.8, 4) is 5.75 Å². The number of halogens is 2. The third kappa shape index (κ3) is 2.32. The first-order chi connectivity index (χ1) is 12.5. The summed E-state index contributed by atoms with van der Waals surface area (Å²) in [5.74, 6) is -2.91. The molecule has 7 nitrogen and oxygen atoms in total. The zero-order valence-corrected chi connectivity index (χ0v) is 13.5. The van der Waals surface area contributed by atoms with Crippen molar-refractivity contribution in [3.63, 3.8) is 0 Å². The Morgan fingerprint density at radius 1 is 1.00 bits per heavy atom. The maximum Gasteiger partial charge on any atom is 0.263 e. The van der Waals surface area contributed by atoms with E-state index in [9.17, 15) is 18.4 Å². The van der Waals surface area contributed by atoms with Crippen LogP contribution in [0.2, 0.25) is 0 Å². The van der Waals surface area contributed by atoms with Gasteiger partial charge in [0.1, 0.15) is 5.75 Å². The van der Waals surface area contributed by atoms with Crippen molar-refractivity contribution >= 4 is 23.2 Å². The zero-order chi connectivity index (χ0) is 18.4. The van der Waals surface area contributed by atoms with E-state index < -0.39 is 35.5 Å². The molecule has 132 valence electrons. The highest BCUT2D eigenvalue weighted by Gasteiger charge is 2.55.